The highest BCUT2D eigenvalue weighted by atomic mass is 32.2. The summed E-state index contributed by atoms with van der Waals surface area (Å²) in [5, 5.41) is 8.35. The average molecular weight is 399 g/mol. The summed E-state index contributed by atoms with van der Waals surface area (Å²) >= 11 is 0.856. The first kappa shape index (κ1) is 19.5. The quantitative estimate of drug-likeness (QED) is 0.740. The van der Waals surface area contributed by atoms with Crippen molar-refractivity contribution in [3.05, 3.63) is 58.5 Å². The number of thioether (sulfide) groups is 1. The number of imide groups is 1. The summed E-state index contributed by atoms with van der Waals surface area (Å²) in [5.74, 6) is -0.900. The summed E-state index contributed by atoms with van der Waals surface area (Å²) in [5.41, 5.74) is 2.17. The number of carboxylic acids is 1. The molecule has 1 N–H and O–H groups in total. The molecule has 28 heavy (non-hydrogen) atoms. The van der Waals surface area contributed by atoms with Gasteiger partial charge in [-0.25, -0.2) is 9.69 Å². The van der Waals surface area contributed by atoms with Gasteiger partial charge in [-0.15, -0.1) is 0 Å². The second-order valence-corrected chi connectivity index (χ2v) is 6.94. The lowest BCUT2D eigenvalue weighted by Gasteiger charge is -2.12. The number of amides is 2. The molecule has 7 nitrogen and oxygen atoms in total. The molecule has 0 atom stereocenters. The van der Waals surface area contributed by atoms with E-state index in [1.807, 2.05) is 19.1 Å². The third kappa shape index (κ3) is 4.17. The van der Waals surface area contributed by atoms with E-state index in [0.29, 0.717) is 17.0 Å². The van der Waals surface area contributed by atoms with E-state index < -0.39 is 18.5 Å². The van der Waals surface area contributed by atoms with Gasteiger partial charge in [0.2, 0.25) is 0 Å². The Hall–Kier alpha value is -3.26. The number of aryl methyl sites for hydroxylation is 1. The predicted molar refractivity (Wildman–Crippen MR) is 106 cm³/mol. The Kier molecular flexibility index (Phi) is 5.70. The zero-order valence-corrected chi connectivity index (χ0v) is 16.0. The molecule has 2 aromatic rings. The minimum absolute atomic E-state index is 0.273. The number of anilines is 1. The number of carbonyl (C=O) groups is 3. The zero-order valence-electron chi connectivity index (χ0n) is 15.2. The smallest absolute Gasteiger partial charge is 0.341 e. The van der Waals surface area contributed by atoms with E-state index in [9.17, 15) is 14.4 Å². The van der Waals surface area contributed by atoms with Crippen molar-refractivity contribution in [2.75, 3.05) is 18.6 Å². The van der Waals surface area contributed by atoms with Crippen LogP contribution in [0.3, 0.4) is 0 Å². The van der Waals surface area contributed by atoms with Crippen LogP contribution in [0.1, 0.15) is 11.1 Å². The van der Waals surface area contributed by atoms with Crippen LogP contribution in [0.4, 0.5) is 10.5 Å². The Morgan fingerprint density at radius 1 is 1.14 bits per heavy atom. The van der Waals surface area contributed by atoms with Gasteiger partial charge in [0, 0.05) is 0 Å². The van der Waals surface area contributed by atoms with Crippen molar-refractivity contribution in [3.63, 3.8) is 0 Å². The lowest BCUT2D eigenvalue weighted by molar-refractivity contribution is -0.139. The van der Waals surface area contributed by atoms with E-state index in [2.05, 4.69) is 0 Å². The van der Waals surface area contributed by atoms with Gasteiger partial charge in [-0.1, -0.05) is 23.8 Å². The third-order valence-electron chi connectivity index (χ3n) is 3.92. The molecule has 1 aliphatic heterocycles. The van der Waals surface area contributed by atoms with Crippen molar-refractivity contribution in [1.82, 2.24) is 0 Å². The maximum absolute atomic E-state index is 12.7. The molecule has 0 bridgehead atoms. The molecule has 8 heteroatoms. The van der Waals surface area contributed by atoms with Crippen LogP contribution in [0.15, 0.2) is 47.4 Å². The van der Waals surface area contributed by atoms with Gasteiger partial charge >= 0.3 is 5.97 Å². The Balaban J connectivity index is 1.85. The molecular weight excluding hydrogens is 382 g/mol. The number of carbonyl (C=O) groups excluding carboxylic acids is 2. The van der Waals surface area contributed by atoms with E-state index in [1.165, 1.54) is 7.11 Å². The van der Waals surface area contributed by atoms with Gasteiger partial charge < -0.3 is 14.6 Å². The first-order chi connectivity index (χ1) is 13.4. The zero-order chi connectivity index (χ0) is 20.3. The highest BCUT2D eigenvalue weighted by Gasteiger charge is 2.36. The normalized spacial score (nSPS) is 15.2. The number of benzene rings is 2. The fourth-order valence-corrected chi connectivity index (χ4v) is 3.41. The van der Waals surface area contributed by atoms with Gasteiger partial charge in [-0.2, -0.15) is 0 Å². The van der Waals surface area contributed by atoms with E-state index in [0.717, 1.165) is 22.2 Å². The molecule has 2 amide bonds. The van der Waals surface area contributed by atoms with Gasteiger partial charge in [-0.3, -0.25) is 9.59 Å². The topological polar surface area (TPSA) is 93.1 Å². The number of aliphatic carboxylic acids is 1. The summed E-state index contributed by atoms with van der Waals surface area (Å²) in [7, 11) is 1.43. The number of carboxylic acid groups (broad SMARTS) is 1. The Morgan fingerprint density at radius 3 is 2.50 bits per heavy atom. The molecule has 1 fully saturated rings. The van der Waals surface area contributed by atoms with Crippen LogP contribution in [0.2, 0.25) is 0 Å². The van der Waals surface area contributed by atoms with Crippen LogP contribution in [0, 0.1) is 6.92 Å². The summed E-state index contributed by atoms with van der Waals surface area (Å²) in [6.07, 6.45) is 1.59. The maximum Gasteiger partial charge on any atom is 0.341 e. The molecular formula is C20H17NO6S. The number of nitrogens with zero attached hydrogens (tertiary/aromatic N) is 1. The molecule has 0 spiro atoms. The fraction of sp³-hybridized carbons (Fsp3) is 0.150. The van der Waals surface area contributed by atoms with Crippen molar-refractivity contribution in [2.45, 2.75) is 6.92 Å². The van der Waals surface area contributed by atoms with Gasteiger partial charge in [0.15, 0.2) is 18.1 Å². The molecule has 1 heterocycles. The van der Waals surface area contributed by atoms with Crippen molar-refractivity contribution >= 4 is 40.6 Å². The van der Waals surface area contributed by atoms with Crippen molar-refractivity contribution < 1.29 is 29.0 Å². The number of hydrogen-bond donors (Lipinski definition) is 1. The van der Waals surface area contributed by atoms with Gasteiger partial charge in [0.05, 0.1) is 17.7 Å². The maximum atomic E-state index is 12.7. The first-order valence-electron chi connectivity index (χ1n) is 8.26. The summed E-state index contributed by atoms with van der Waals surface area (Å²) < 4.78 is 10.4. The number of hydrogen-bond acceptors (Lipinski definition) is 6. The number of ether oxygens (including phenoxy) is 2. The SMILES string of the molecule is COc1cc(/C=C2\SC(=O)N(c3ccc(C)cc3)C2=O)ccc1OCC(=O)O. The molecule has 0 unspecified atom stereocenters. The molecule has 0 aliphatic carbocycles. The van der Waals surface area contributed by atoms with Crippen LogP contribution in [0.5, 0.6) is 11.5 Å². The average Bonchev–Trinajstić information content (AvgIpc) is 2.94. The third-order valence-corrected chi connectivity index (χ3v) is 4.79. The largest absolute Gasteiger partial charge is 0.493 e. The van der Waals surface area contributed by atoms with Gasteiger partial charge in [0.25, 0.3) is 11.1 Å². The van der Waals surface area contributed by atoms with Crippen molar-refractivity contribution in [1.29, 1.82) is 0 Å². The standard InChI is InChI=1S/C20H17NO6S/c1-12-3-6-14(7-4-12)21-19(24)17(28-20(21)25)10-13-5-8-15(16(9-13)26-2)27-11-18(22)23/h3-10H,11H2,1-2H3,(H,22,23)/b17-10-. The van der Waals surface area contributed by atoms with Crippen LogP contribution in [-0.4, -0.2) is 35.9 Å². The molecule has 0 radical (unpaired) electrons. The van der Waals surface area contributed by atoms with Crippen LogP contribution >= 0.6 is 11.8 Å². The Labute approximate surface area is 165 Å². The molecule has 0 saturated carbocycles. The van der Waals surface area contributed by atoms with Gasteiger partial charge in [0.1, 0.15) is 0 Å². The highest BCUT2D eigenvalue weighted by Crippen LogP contribution is 2.37. The van der Waals surface area contributed by atoms with E-state index in [4.69, 9.17) is 14.6 Å². The van der Waals surface area contributed by atoms with Crippen LogP contribution in [0.25, 0.3) is 6.08 Å². The summed E-state index contributed by atoms with van der Waals surface area (Å²) in [6.45, 7) is 1.43. The summed E-state index contributed by atoms with van der Waals surface area (Å²) in [4.78, 5) is 37.1. The molecule has 0 aromatic heterocycles. The van der Waals surface area contributed by atoms with Gasteiger partial charge in [-0.05, 0) is 54.6 Å². The van der Waals surface area contributed by atoms with Crippen molar-refractivity contribution in [2.24, 2.45) is 0 Å². The lowest BCUT2D eigenvalue weighted by atomic mass is 10.1. The number of rotatable bonds is 6. The second kappa shape index (κ2) is 8.18. The molecule has 3 rings (SSSR count). The van der Waals surface area contributed by atoms with E-state index >= 15 is 0 Å². The molecule has 2 aromatic carbocycles. The minimum Gasteiger partial charge on any atom is -0.493 e. The number of methoxy groups -OCH3 is 1. The Morgan fingerprint density at radius 2 is 1.86 bits per heavy atom. The predicted octanol–water partition coefficient (Wildman–Crippen LogP) is 3.71. The molecule has 1 aliphatic rings. The molecule has 1 saturated heterocycles. The second-order valence-electron chi connectivity index (χ2n) is 5.95. The van der Waals surface area contributed by atoms with E-state index in [1.54, 1.807) is 36.4 Å². The first-order valence-corrected chi connectivity index (χ1v) is 9.08. The lowest BCUT2D eigenvalue weighted by Crippen LogP contribution is -2.27. The van der Waals surface area contributed by atoms with Crippen LogP contribution in [-0.2, 0) is 9.59 Å². The highest BCUT2D eigenvalue weighted by molar-refractivity contribution is 8.19. The molecule has 144 valence electrons. The van der Waals surface area contributed by atoms with E-state index in [-0.39, 0.29) is 15.9 Å². The Bertz CT molecular complexity index is 967. The van der Waals surface area contributed by atoms with Crippen molar-refractivity contribution in [3.8, 4) is 11.5 Å². The van der Waals surface area contributed by atoms with Crippen LogP contribution < -0.4 is 14.4 Å². The fourth-order valence-electron chi connectivity index (χ4n) is 2.57. The monoisotopic (exact) mass is 399 g/mol. The summed E-state index contributed by atoms with van der Waals surface area (Å²) in [6, 6.07) is 11.9. The minimum atomic E-state index is -1.10.